The van der Waals surface area contributed by atoms with Crippen LogP contribution >= 0.6 is 0 Å². The monoisotopic (exact) mass is 226 g/mol. The number of halogens is 1. The van der Waals surface area contributed by atoms with E-state index in [-0.39, 0.29) is 23.5 Å². The van der Waals surface area contributed by atoms with Gasteiger partial charge in [0.1, 0.15) is 23.8 Å². The highest BCUT2D eigenvalue weighted by atomic mass is 19.1. The van der Waals surface area contributed by atoms with Crippen LogP contribution in [0, 0.1) is 5.82 Å². The van der Waals surface area contributed by atoms with Crippen LogP contribution in [0.1, 0.15) is 16.8 Å². The Bertz CT molecular complexity index is 418. The van der Waals surface area contributed by atoms with Gasteiger partial charge < -0.3 is 14.9 Å². The molecule has 0 bridgehead atoms. The number of Topliss-reactive ketones (excluding diaryl/α,β-unsaturated/α-hetero) is 1. The van der Waals surface area contributed by atoms with Crippen LogP contribution in [0.3, 0.4) is 0 Å². The molecule has 0 spiro atoms. The van der Waals surface area contributed by atoms with Crippen LogP contribution in [0.2, 0.25) is 0 Å². The molecule has 0 unspecified atom stereocenters. The molecule has 1 aliphatic heterocycles. The number of carbonyl (C=O) groups is 1. The summed E-state index contributed by atoms with van der Waals surface area (Å²) in [4.78, 5) is 11.6. The minimum absolute atomic E-state index is 0.0574. The fourth-order valence-corrected chi connectivity index (χ4v) is 1.65. The largest absolute Gasteiger partial charge is 0.486 e. The molecule has 2 atom stereocenters. The van der Waals surface area contributed by atoms with Crippen LogP contribution in [0.5, 0.6) is 5.75 Å². The molecule has 0 saturated heterocycles. The molecule has 2 rings (SSSR count). The third-order valence-corrected chi connectivity index (χ3v) is 2.52. The molecule has 1 aliphatic rings. The van der Waals surface area contributed by atoms with Gasteiger partial charge in [0.2, 0.25) is 0 Å². The van der Waals surface area contributed by atoms with E-state index in [1.54, 1.807) is 0 Å². The van der Waals surface area contributed by atoms with Gasteiger partial charge >= 0.3 is 0 Å². The third kappa shape index (κ3) is 1.91. The minimum Gasteiger partial charge on any atom is -0.486 e. The molecule has 1 aromatic rings. The second-order valence-corrected chi connectivity index (χ2v) is 3.67. The number of fused-ring (bicyclic) bond motifs is 1. The molecule has 86 valence electrons. The normalized spacial score (nSPS) is 21.2. The molecule has 0 fully saturated rings. The molecule has 2 N–H and O–H groups in total. The summed E-state index contributed by atoms with van der Waals surface area (Å²) in [6, 6.07) is 3.64. The molecule has 4 nitrogen and oxygen atoms in total. The van der Waals surface area contributed by atoms with Crippen molar-refractivity contribution in [1.82, 2.24) is 0 Å². The Balaban J connectivity index is 2.30. The minimum atomic E-state index is -1.11. The fraction of sp³-hybridized carbons (Fsp3) is 0.364. The summed E-state index contributed by atoms with van der Waals surface area (Å²) in [5.74, 6) is -0.551. The topological polar surface area (TPSA) is 66.8 Å². The van der Waals surface area contributed by atoms with Gasteiger partial charge in [-0.25, -0.2) is 4.39 Å². The number of carbonyl (C=O) groups excluding carboxylic acids is 1. The van der Waals surface area contributed by atoms with Crippen molar-refractivity contribution in [2.24, 2.45) is 0 Å². The van der Waals surface area contributed by atoms with Gasteiger partial charge in [-0.15, -0.1) is 0 Å². The molecule has 0 saturated carbocycles. The van der Waals surface area contributed by atoms with Crippen molar-refractivity contribution >= 4 is 5.78 Å². The Morgan fingerprint density at radius 1 is 1.56 bits per heavy atom. The Morgan fingerprint density at radius 2 is 2.31 bits per heavy atom. The second kappa shape index (κ2) is 4.19. The van der Waals surface area contributed by atoms with E-state index in [1.807, 2.05) is 0 Å². The van der Waals surface area contributed by atoms with Crippen molar-refractivity contribution in [3.63, 3.8) is 0 Å². The first-order valence-corrected chi connectivity index (χ1v) is 4.90. The van der Waals surface area contributed by atoms with Crippen molar-refractivity contribution in [3.05, 3.63) is 29.6 Å². The Kier molecular flexibility index (Phi) is 2.89. The maximum atomic E-state index is 12.9. The highest BCUT2D eigenvalue weighted by Gasteiger charge is 2.31. The van der Waals surface area contributed by atoms with Gasteiger partial charge in [-0.3, -0.25) is 4.79 Å². The molecule has 0 amide bonds. The highest BCUT2D eigenvalue weighted by molar-refractivity contribution is 5.99. The van der Waals surface area contributed by atoms with E-state index in [4.69, 9.17) is 9.84 Å². The van der Waals surface area contributed by atoms with Gasteiger partial charge in [-0.2, -0.15) is 0 Å². The van der Waals surface area contributed by atoms with Gasteiger partial charge in [0.05, 0.1) is 18.6 Å². The SMILES string of the molecule is O=C1C[C@@H]([C@H](O)CO)Oc2ccc(F)cc21. The van der Waals surface area contributed by atoms with Crippen molar-refractivity contribution in [2.75, 3.05) is 6.61 Å². The molecule has 16 heavy (non-hydrogen) atoms. The lowest BCUT2D eigenvalue weighted by Crippen LogP contribution is -2.39. The first-order chi connectivity index (χ1) is 7.61. The molecule has 0 aromatic heterocycles. The Hall–Kier alpha value is -1.46. The average molecular weight is 226 g/mol. The maximum Gasteiger partial charge on any atom is 0.170 e. The number of ether oxygens (including phenoxy) is 1. The second-order valence-electron chi connectivity index (χ2n) is 3.67. The van der Waals surface area contributed by atoms with Crippen molar-refractivity contribution in [1.29, 1.82) is 0 Å². The van der Waals surface area contributed by atoms with Crippen LogP contribution < -0.4 is 4.74 Å². The van der Waals surface area contributed by atoms with E-state index in [0.29, 0.717) is 0 Å². The lowest BCUT2D eigenvalue weighted by Gasteiger charge is -2.27. The summed E-state index contributed by atoms with van der Waals surface area (Å²) in [5.41, 5.74) is 0.182. The van der Waals surface area contributed by atoms with E-state index in [1.165, 1.54) is 12.1 Å². The summed E-state index contributed by atoms with van der Waals surface area (Å²) < 4.78 is 18.2. The van der Waals surface area contributed by atoms with E-state index in [9.17, 15) is 14.3 Å². The maximum absolute atomic E-state index is 12.9. The number of rotatable bonds is 2. The summed E-state index contributed by atoms with van der Waals surface area (Å²) in [6.45, 7) is -0.478. The van der Waals surface area contributed by atoms with Crippen LogP contribution in [0.4, 0.5) is 4.39 Å². The molecule has 0 radical (unpaired) electrons. The van der Waals surface area contributed by atoms with E-state index < -0.39 is 24.6 Å². The summed E-state index contributed by atoms with van der Waals surface area (Å²) in [5, 5.41) is 18.1. The zero-order valence-corrected chi connectivity index (χ0v) is 8.39. The Labute approximate surface area is 91.3 Å². The summed E-state index contributed by atoms with van der Waals surface area (Å²) in [6.07, 6.45) is -1.93. The fourth-order valence-electron chi connectivity index (χ4n) is 1.65. The number of ketones is 1. The first-order valence-electron chi connectivity index (χ1n) is 4.90. The molecular weight excluding hydrogens is 215 g/mol. The zero-order chi connectivity index (χ0) is 11.7. The summed E-state index contributed by atoms with van der Waals surface area (Å²) in [7, 11) is 0. The smallest absolute Gasteiger partial charge is 0.170 e. The van der Waals surface area contributed by atoms with Gasteiger partial charge in [0.15, 0.2) is 5.78 Å². The molecule has 1 aromatic carbocycles. The van der Waals surface area contributed by atoms with Gasteiger partial charge in [-0.05, 0) is 18.2 Å². The van der Waals surface area contributed by atoms with Gasteiger partial charge in [0.25, 0.3) is 0 Å². The Morgan fingerprint density at radius 3 is 3.00 bits per heavy atom. The van der Waals surface area contributed by atoms with Crippen LogP contribution in [0.15, 0.2) is 18.2 Å². The molecule has 5 heteroatoms. The van der Waals surface area contributed by atoms with Crippen LogP contribution in [0.25, 0.3) is 0 Å². The predicted molar refractivity (Wildman–Crippen MR) is 52.9 cm³/mol. The van der Waals surface area contributed by atoms with E-state index >= 15 is 0 Å². The van der Waals surface area contributed by atoms with Gasteiger partial charge in [-0.1, -0.05) is 0 Å². The molecule has 1 heterocycles. The lowest BCUT2D eigenvalue weighted by atomic mass is 9.98. The standard InChI is InChI=1S/C11H11FO4/c12-6-1-2-10-7(3-6)8(14)4-11(16-10)9(15)5-13/h1-3,9,11,13,15H,4-5H2/t9-,11+/m1/s1. The zero-order valence-electron chi connectivity index (χ0n) is 8.39. The average Bonchev–Trinajstić information content (AvgIpc) is 2.28. The third-order valence-electron chi connectivity index (χ3n) is 2.52. The molecular formula is C11H11FO4. The highest BCUT2D eigenvalue weighted by Crippen LogP contribution is 2.29. The number of aliphatic hydroxyl groups excluding tert-OH is 2. The number of hydrogen-bond donors (Lipinski definition) is 2. The quantitative estimate of drug-likeness (QED) is 0.771. The predicted octanol–water partition coefficient (Wildman–Crippen LogP) is 0.513. The van der Waals surface area contributed by atoms with Crippen LogP contribution in [-0.2, 0) is 0 Å². The molecule has 0 aliphatic carbocycles. The number of aliphatic hydroxyl groups is 2. The van der Waals surface area contributed by atoms with Gasteiger partial charge in [0, 0.05) is 0 Å². The summed E-state index contributed by atoms with van der Waals surface area (Å²) >= 11 is 0. The first kappa shape index (κ1) is 11.0. The van der Waals surface area contributed by atoms with Crippen molar-refractivity contribution in [2.45, 2.75) is 18.6 Å². The number of benzene rings is 1. The number of hydrogen-bond acceptors (Lipinski definition) is 4. The van der Waals surface area contributed by atoms with Crippen molar-refractivity contribution < 1.29 is 24.1 Å². The van der Waals surface area contributed by atoms with Crippen molar-refractivity contribution in [3.8, 4) is 5.75 Å². The van der Waals surface area contributed by atoms with Crippen LogP contribution in [-0.4, -0.2) is 34.8 Å². The van der Waals surface area contributed by atoms with E-state index in [0.717, 1.165) is 6.07 Å². The lowest BCUT2D eigenvalue weighted by molar-refractivity contribution is -0.00671. The van der Waals surface area contributed by atoms with E-state index in [2.05, 4.69) is 0 Å².